The number of rotatable bonds is 1. The van der Waals surface area contributed by atoms with Crippen molar-refractivity contribution in [3.05, 3.63) is 11.3 Å². The van der Waals surface area contributed by atoms with Crippen molar-refractivity contribution in [1.29, 1.82) is 0 Å². The second kappa shape index (κ2) is 3.27. The number of methoxy groups -OCH3 is 1. The summed E-state index contributed by atoms with van der Waals surface area (Å²) in [6.45, 7) is 2.65. The van der Waals surface area contributed by atoms with E-state index in [1.54, 1.807) is 5.57 Å². The van der Waals surface area contributed by atoms with E-state index in [2.05, 4.69) is 4.90 Å². The predicted molar refractivity (Wildman–Crippen MR) is 56.0 cm³/mol. The lowest BCUT2D eigenvalue weighted by atomic mass is 9.98. The Labute approximate surface area is 85.9 Å². The summed E-state index contributed by atoms with van der Waals surface area (Å²) in [6.07, 6.45) is 6.64. The normalized spacial score (nSPS) is 37.2. The van der Waals surface area contributed by atoms with Gasteiger partial charge in [-0.2, -0.15) is 0 Å². The summed E-state index contributed by atoms with van der Waals surface area (Å²) in [4.78, 5) is 2.69. The summed E-state index contributed by atoms with van der Waals surface area (Å²) in [5.41, 5.74) is 1.65. The van der Waals surface area contributed by atoms with Crippen molar-refractivity contribution in [3.63, 3.8) is 0 Å². The van der Waals surface area contributed by atoms with Crippen molar-refractivity contribution in [2.75, 3.05) is 20.2 Å². The molecule has 0 amide bonds. The molecule has 14 heavy (non-hydrogen) atoms. The van der Waals surface area contributed by atoms with E-state index < -0.39 is 0 Å². The van der Waals surface area contributed by atoms with Gasteiger partial charge in [0.05, 0.1) is 12.9 Å². The summed E-state index contributed by atoms with van der Waals surface area (Å²) in [6, 6.07) is 0.771. The topological polar surface area (TPSA) is 12.5 Å². The third-order valence-corrected chi connectivity index (χ3v) is 4.18. The van der Waals surface area contributed by atoms with Crippen molar-refractivity contribution < 1.29 is 4.74 Å². The Morgan fingerprint density at radius 1 is 1.29 bits per heavy atom. The average Bonchev–Trinajstić information content (AvgIpc) is 2.65. The molecule has 3 aliphatic rings. The van der Waals surface area contributed by atoms with Crippen molar-refractivity contribution in [2.45, 2.75) is 38.1 Å². The molecule has 0 aromatic heterocycles. The standard InChI is InChI=1S/C12H19NO/c1-14-11-8-9-5-7-13-6-3-2-4-10(11)12(9)13/h9,12H,2-8H2,1H3/t9-,12-/m0/s1. The molecule has 0 radical (unpaired) electrons. The van der Waals surface area contributed by atoms with Crippen LogP contribution in [-0.2, 0) is 4.74 Å². The molecule has 0 aromatic carbocycles. The molecular formula is C12H19NO. The molecule has 2 nitrogen and oxygen atoms in total. The minimum absolute atomic E-state index is 0.771. The highest BCUT2D eigenvalue weighted by Crippen LogP contribution is 2.45. The van der Waals surface area contributed by atoms with E-state index in [0.717, 1.165) is 12.0 Å². The molecule has 2 fully saturated rings. The van der Waals surface area contributed by atoms with Gasteiger partial charge in [0.2, 0.25) is 0 Å². The van der Waals surface area contributed by atoms with Gasteiger partial charge in [-0.05, 0) is 50.3 Å². The minimum Gasteiger partial charge on any atom is -0.501 e. The largest absolute Gasteiger partial charge is 0.501 e. The molecule has 0 saturated carbocycles. The summed E-state index contributed by atoms with van der Waals surface area (Å²) in [5.74, 6) is 2.21. The molecule has 2 heterocycles. The van der Waals surface area contributed by atoms with Gasteiger partial charge in [0.25, 0.3) is 0 Å². The molecule has 0 aromatic rings. The Kier molecular flexibility index (Phi) is 2.05. The van der Waals surface area contributed by atoms with Gasteiger partial charge in [-0.15, -0.1) is 0 Å². The van der Waals surface area contributed by atoms with Crippen LogP contribution in [0.3, 0.4) is 0 Å². The van der Waals surface area contributed by atoms with Crippen LogP contribution in [0.25, 0.3) is 0 Å². The lowest BCUT2D eigenvalue weighted by Crippen LogP contribution is -2.31. The first-order valence-corrected chi connectivity index (χ1v) is 5.90. The molecular weight excluding hydrogens is 174 g/mol. The van der Waals surface area contributed by atoms with Crippen LogP contribution in [-0.4, -0.2) is 31.1 Å². The van der Waals surface area contributed by atoms with E-state index >= 15 is 0 Å². The molecule has 3 rings (SSSR count). The van der Waals surface area contributed by atoms with Crippen LogP contribution in [0.15, 0.2) is 11.3 Å². The van der Waals surface area contributed by atoms with Crippen LogP contribution in [0.5, 0.6) is 0 Å². The lowest BCUT2D eigenvalue weighted by molar-refractivity contribution is 0.269. The third kappa shape index (κ3) is 1.13. The average molecular weight is 193 g/mol. The van der Waals surface area contributed by atoms with Crippen LogP contribution >= 0.6 is 0 Å². The lowest BCUT2D eigenvalue weighted by Gasteiger charge is -2.22. The predicted octanol–water partition coefficient (Wildman–Crippen LogP) is 2.17. The van der Waals surface area contributed by atoms with Crippen molar-refractivity contribution in [2.24, 2.45) is 5.92 Å². The van der Waals surface area contributed by atoms with Gasteiger partial charge < -0.3 is 4.74 Å². The molecule has 2 aliphatic heterocycles. The fourth-order valence-electron chi connectivity index (χ4n) is 3.56. The maximum absolute atomic E-state index is 5.54. The number of hydrogen-bond donors (Lipinski definition) is 0. The number of allylic oxidation sites excluding steroid dienone is 1. The van der Waals surface area contributed by atoms with Gasteiger partial charge in [0, 0.05) is 12.5 Å². The van der Waals surface area contributed by atoms with Gasteiger partial charge in [0.1, 0.15) is 0 Å². The van der Waals surface area contributed by atoms with Crippen molar-refractivity contribution in [1.82, 2.24) is 4.90 Å². The molecule has 0 spiro atoms. The summed E-state index contributed by atoms with van der Waals surface area (Å²) in [7, 11) is 1.85. The molecule has 0 N–H and O–H groups in total. The van der Waals surface area contributed by atoms with Gasteiger partial charge >= 0.3 is 0 Å². The Bertz CT molecular complexity index is 271. The number of hydrogen-bond acceptors (Lipinski definition) is 2. The Balaban J connectivity index is 1.95. The summed E-state index contributed by atoms with van der Waals surface area (Å²) in [5, 5.41) is 0. The van der Waals surface area contributed by atoms with Crippen molar-refractivity contribution in [3.8, 4) is 0 Å². The third-order valence-electron chi connectivity index (χ3n) is 4.18. The monoisotopic (exact) mass is 193 g/mol. The van der Waals surface area contributed by atoms with E-state index in [0.29, 0.717) is 0 Å². The fourth-order valence-corrected chi connectivity index (χ4v) is 3.56. The first kappa shape index (κ1) is 8.78. The molecule has 2 heteroatoms. The highest BCUT2D eigenvalue weighted by molar-refractivity contribution is 5.27. The second-order valence-electron chi connectivity index (χ2n) is 4.84. The van der Waals surface area contributed by atoms with Crippen LogP contribution in [0.2, 0.25) is 0 Å². The SMILES string of the molecule is COC1=C2CCCCN3CC[C@@H](C1)[C@@H]23. The molecule has 2 saturated heterocycles. The van der Waals surface area contributed by atoms with Crippen LogP contribution in [0.4, 0.5) is 0 Å². The first-order valence-electron chi connectivity index (χ1n) is 5.90. The zero-order valence-corrected chi connectivity index (χ0v) is 8.96. The van der Waals surface area contributed by atoms with Gasteiger partial charge in [-0.1, -0.05) is 0 Å². The Hall–Kier alpha value is -0.500. The fraction of sp³-hybridized carbons (Fsp3) is 0.833. The number of nitrogens with zero attached hydrogens (tertiary/aromatic N) is 1. The van der Waals surface area contributed by atoms with E-state index in [1.165, 1.54) is 51.0 Å². The number of ether oxygens (including phenoxy) is 1. The molecule has 78 valence electrons. The molecule has 0 unspecified atom stereocenters. The van der Waals surface area contributed by atoms with Gasteiger partial charge in [-0.25, -0.2) is 0 Å². The highest BCUT2D eigenvalue weighted by Gasteiger charge is 2.43. The van der Waals surface area contributed by atoms with E-state index in [4.69, 9.17) is 4.74 Å². The van der Waals surface area contributed by atoms with Gasteiger partial charge in [-0.3, -0.25) is 4.90 Å². The quantitative estimate of drug-likeness (QED) is 0.633. The van der Waals surface area contributed by atoms with Crippen LogP contribution in [0, 0.1) is 5.92 Å². The van der Waals surface area contributed by atoms with Crippen molar-refractivity contribution >= 4 is 0 Å². The summed E-state index contributed by atoms with van der Waals surface area (Å²) >= 11 is 0. The zero-order valence-electron chi connectivity index (χ0n) is 8.96. The highest BCUT2D eigenvalue weighted by atomic mass is 16.5. The smallest absolute Gasteiger partial charge is 0.0966 e. The van der Waals surface area contributed by atoms with E-state index in [1.807, 2.05) is 7.11 Å². The van der Waals surface area contributed by atoms with Crippen LogP contribution < -0.4 is 0 Å². The van der Waals surface area contributed by atoms with Gasteiger partial charge in [0.15, 0.2) is 0 Å². The van der Waals surface area contributed by atoms with E-state index in [-0.39, 0.29) is 0 Å². The molecule has 2 atom stereocenters. The molecule has 0 bridgehead atoms. The maximum Gasteiger partial charge on any atom is 0.0966 e. The maximum atomic E-state index is 5.54. The zero-order chi connectivity index (χ0) is 9.54. The Morgan fingerprint density at radius 2 is 2.21 bits per heavy atom. The first-order chi connectivity index (χ1) is 6.90. The minimum atomic E-state index is 0.771. The molecule has 1 aliphatic carbocycles. The van der Waals surface area contributed by atoms with Crippen LogP contribution in [0.1, 0.15) is 32.1 Å². The van der Waals surface area contributed by atoms with E-state index in [9.17, 15) is 0 Å². The second-order valence-corrected chi connectivity index (χ2v) is 4.84. The Morgan fingerprint density at radius 3 is 3.07 bits per heavy atom. The summed E-state index contributed by atoms with van der Waals surface area (Å²) < 4.78 is 5.54.